The van der Waals surface area contributed by atoms with Crippen molar-refractivity contribution < 1.29 is 9.59 Å². The van der Waals surface area contributed by atoms with Gasteiger partial charge in [0.1, 0.15) is 6.04 Å². The summed E-state index contributed by atoms with van der Waals surface area (Å²) >= 11 is 5.75. The Kier molecular flexibility index (Phi) is 7.99. The summed E-state index contributed by atoms with van der Waals surface area (Å²) in [4.78, 5) is 22.5. The lowest BCUT2D eigenvalue weighted by molar-refractivity contribution is -0.127. The van der Waals surface area contributed by atoms with Crippen molar-refractivity contribution >= 4 is 23.4 Å². The van der Waals surface area contributed by atoms with E-state index >= 15 is 0 Å². The Morgan fingerprint density at radius 1 is 1.38 bits per heavy atom. The number of carbonyl (C=O) groups excluding carboxylic acids is 2. The van der Waals surface area contributed by atoms with Gasteiger partial charge < -0.3 is 11.1 Å². The van der Waals surface area contributed by atoms with Crippen LogP contribution in [-0.2, 0) is 9.59 Å². The highest BCUT2D eigenvalue weighted by Crippen LogP contribution is 2.13. The summed E-state index contributed by atoms with van der Waals surface area (Å²) in [6.45, 7) is 3.86. The van der Waals surface area contributed by atoms with Crippen molar-refractivity contribution in [2.75, 3.05) is 5.88 Å². The fraction of sp³-hybridized carbons (Fsp3) is 0.818. The Bertz CT molecular complexity index is 234. The molecule has 0 saturated carbocycles. The minimum absolute atomic E-state index is 0.148. The second-order valence-corrected chi connectivity index (χ2v) is 4.25. The Morgan fingerprint density at radius 3 is 2.38 bits per heavy atom. The molecule has 0 aliphatic rings. The van der Waals surface area contributed by atoms with Crippen LogP contribution in [0, 0.1) is 5.92 Å². The molecule has 0 heterocycles. The molecule has 0 fully saturated rings. The van der Waals surface area contributed by atoms with Crippen LogP contribution in [0.25, 0.3) is 0 Å². The summed E-state index contributed by atoms with van der Waals surface area (Å²) in [5.74, 6) is 0.00445. The molecular formula is C11H21ClN2O2. The molecule has 0 aliphatic heterocycles. The summed E-state index contributed by atoms with van der Waals surface area (Å²) < 4.78 is 0. The number of halogens is 1. The number of hydrogen-bond acceptors (Lipinski definition) is 2. The van der Waals surface area contributed by atoms with E-state index in [1.165, 1.54) is 0 Å². The Morgan fingerprint density at radius 2 is 2.00 bits per heavy atom. The lowest BCUT2D eigenvalue weighted by Gasteiger charge is -2.16. The fourth-order valence-electron chi connectivity index (χ4n) is 1.53. The third-order valence-electron chi connectivity index (χ3n) is 2.48. The zero-order chi connectivity index (χ0) is 12.6. The third-order valence-corrected chi connectivity index (χ3v) is 2.91. The van der Waals surface area contributed by atoms with Crippen LogP contribution in [0.5, 0.6) is 0 Å². The van der Waals surface area contributed by atoms with E-state index in [1.807, 2.05) is 0 Å². The van der Waals surface area contributed by atoms with Crippen LogP contribution in [0.2, 0.25) is 0 Å². The predicted octanol–water partition coefficient (Wildman–Crippen LogP) is 1.41. The van der Waals surface area contributed by atoms with E-state index in [0.29, 0.717) is 18.7 Å². The summed E-state index contributed by atoms with van der Waals surface area (Å²) in [5.41, 5.74) is 5.14. The molecule has 0 bridgehead atoms. The predicted molar refractivity (Wildman–Crippen MR) is 65.2 cm³/mol. The molecule has 2 atom stereocenters. The van der Waals surface area contributed by atoms with Gasteiger partial charge in [-0.05, 0) is 18.8 Å². The molecule has 0 saturated heterocycles. The summed E-state index contributed by atoms with van der Waals surface area (Å²) in [5, 5.41) is 2.62. The molecule has 0 aromatic rings. The molecule has 0 rings (SSSR count). The quantitative estimate of drug-likeness (QED) is 0.638. The van der Waals surface area contributed by atoms with Gasteiger partial charge in [-0.15, -0.1) is 11.6 Å². The van der Waals surface area contributed by atoms with E-state index < -0.39 is 11.9 Å². The molecule has 0 spiro atoms. The number of primary amides is 1. The molecule has 0 aromatic heterocycles. The maximum atomic E-state index is 11.6. The fourth-order valence-corrected chi connectivity index (χ4v) is 1.80. The van der Waals surface area contributed by atoms with Crippen molar-refractivity contribution in [2.45, 2.75) is 45.6 Å². The summed E-state index contributed by atoms with van der Waals surface area (Å²) in [7, 11) is 0. The maximum Gasteiger partial charge on any atom is 0.239 e. The van der Waals surface area contributed by atoms with Gasteiger partial charge in [0.2, 0.25) is 11.8 Å². The molecule has 1 unspecified atom stereocenters. The number of nitrogens with two attached hydrogens (primary N) is 1. The number of alkyl halides is 1. The van der Waals surface area contributed by atoms with E-state index in [2.05, 4.69) is 12.2 Å². The van der Waals surface area contributed by atoms with Gasteiger partial charge in [0, 0.05) is 12.3 Å². The molecule has 5 heteroatoms. The van der Waals surface area contributed by atoms with Crippen molar-refractivity contribution in [3.63, 3.8) is 0 Å². The van der Waals surface area contributed by atoms with Crippen molar-refractivity contribution in [2.24, 2.45) is 11.7 Å². The lowest BCUT2D eigenvalue weighted by Crippen LogP contribution is -2.44. The molecular weight excluding hydrogens is 228 g/mol. The van der Waals surface area contributed by atoms with Crippen molar-refractivity contribution in [1.29, 1.82) is 0 Å². The Labute approximate surface area is 102 Å². The number of rotatable bonds is 8. The number of amides is 2. The topological polar surface area (TPSA) is 72.2 Å². The lowest BCUT2D eigenvalue weighted by atomic mass is 10.0. The number of nitrogens with one attached hydrogen (secondary N) is 1. The minimum atomic E-state index is -0.565. The molecule has 3 N–H and O–H groups in total. The number of carbonyl (C=O) groups is 2. The largest absolute Gasteiger partial charge is 0.368 e. The smallest absolute Gasteiger partial charge is 0.239 e. The van der Waals surface area contributed by atoms with Gasteiger partial charge in [-0.1, -0.05) is 20.3 Å². The first-order chi connectivity index (χ1) is 7.54. The molecule has 0 aromatic carbocycles. The third kappa shape index (κ3) is 5.95. The highest BCUT2D eigenvalue weighted by atomic mass is 35.5. The van der Waals surface area contributed by atoms with Crippen molar-refractivity contribution in [3.05, 3.63) is 0 Å². The van der Waals surface area contributed by atoms with Gasteiger partial charge in [0.05, 0.1) is 0 Å². The standard InChI is InChI=1S/C11H21ClN2O2/c1-3-5-8(7-12)6-10(15)14-9(4-2)11(13)16/h8-9H,3-7H2,1-2H3,(H2,13,16)(H,14,15)/t8?,9-/m0/s1. The average Bonchev–Trinajstić information content (AvgIpc) is 2.24. The zero-order valence-electron chi connectivity index (χ0n) is 9.96. The Hall–Kier alpha value is -0.770. The second-order valence-electron chi connectivity index (χ2n) is 3.94. The van der Waals surface area contributed by atoms with E-state index in [-0.39, 0.29) is 11.8 Å². The van der Waals surface area contributed by atoms with Crippen LogP contribution in [-0.4, -0.2) is 23.7 Å². The van der Waals surface area contributed by atoms with Gasteiger partial charge in [0.15, 0.2) is 0 Å². The van der Waals surface area contributed by atoms with Gasteiger partial charge in [-0.2, -0.15) is 0 Å². The molecule has 0 aliphatic carbocycles. The zero-order valence-corrected chi connectivity index (χ0v) is 10.7. The SMILES string of the molecule is CCCC(CCl)CC(=O)N[C@@H](CC)C(N)=O. The van der Waals surface area contributed by atoms with E-state index in [0.717, 1.165) is 12.8 Å². The van der Waals surface area contributed by atoms with E-state index in [1.54, 1.807) is 6.92 Å². The van der Waals surface area contributed by atoms with Crippen LogP contribution in [0.1, 0.15) is 39.5 Å². The highest BCUT2D eigenvalue weighted by molar-refractivity contribution is 6.18. The van der Waals surface area contributed by atoms with Crippen molar-refractivity contribution in [3.8, 4) is 0 Å². The van der Waals surface area contributed by atoms with Gasteiger partial charge in [-0.25, -0.2) is 0 Å². The molecule has 4 nitrogen and oxygen atoms in total. The normalized spacial score (nSPS) is 14.2. The molecule has 16 heavy (non-hydrogen) atoms. The van der Waals surface area contributed by atoms with Crippen molar-refractivity contribution in [1.82, 2.24) is 5.32 Å². The van der Waals surface area contributed by atoms with Crippen LogP contribution in [0.3, 0.4) is 0 Å². The monoisotopic (exact) mass is 248 g/mol. The molecule has 2 amide bonds. The van der Waals surface area contributed by atoms with E-state index in [4.69, 9.17) is 17.3 Å². The summed E-state index contributed by atoms with van der Waals surface area (Å²) in [6, 6.07) is -0.565. The molecule has 94 valence electrons. The first-order valence-corrected chi connectivity index (χ1v) is 6.23. The van der Waals surface area contributed by atoms with Crippen LogP contribution in [0.4, 0.5) is 0 Å². The first kappa shape index (κ1) is 15.2. The van der Waals surface area contributed by atoms with Crippen LogP contribution in [0.15, 0.2) is 0 Å². The second kappa shape index (κ2) is 8.39. The first-order valence-electron chi connectivity index (χ1n) is 5.69. The minimum Gasteiger partial charge on any atom is -0.368 e. The average molecular weight is 249 g/mol. The van der Waals surface area contributed by atoms with Gasteiger partial charge in [-0.3, -0.25) is 9.59 Å². The molecule has 0 radical (unpaired) electrons. The summed E-state index contributed by atoms with van der Waals surface area (Å²) in [6.07, 6.45) is 2.80. The van der Waals surface area contributed by atoms with Gasteiger partial charge >= 0.3 is 0 Å². The van der Waals surface area contributed by atoms with Gasteiger partial charge in [0.25, 0.3) is 0 Å². The van der Waals surface area contributed by atoms with Crippen LogP contribution < -0.4 is 11.1 Å². The highest BCUT2D eigenvalue weighted by Gasteiger charge is 2.18. The maximum absolute atomic E-state index is 11.6. The van der Waals surface area contributed by atoms with E-state index in [9.17, 15) is 9.59 Å². The Balaban J connectivity index is 4.09. The number of hydrogen-bond donors (Lipinski definition) is 2. The van der Waals surface area contributed by atoms with Crippen LogP contribution >= 0.6 is 11.6 Å².